The van der Waals surface area contributed by atoms with Gasteiger partial charge in [0.05, 0.1) is 7.11 Å². The molecule has 0 radical (unpaired) electrons. The minimum Gasteiger partial charge on any atom is -0.494 e. The van der Waals surface area contributed by atoms with Crippen LogP contribution in [0.2, 0.25) is 0 Å². The summed E-state index contributed by atoms with van der Waals surface area (Å²) in [4.78, 5) is 0. The average Bonchev–Trinajstić information content (AvgIpc) is 2.32. The molecule has 0 saturated carbocycles. The Labute approximate surface area is 97.6 Å². The van der Waals surface area contributed by atoms with E-state index in [0.717, 1.165) is 0 Å². The minimum atomic E-state index is -0.993. The van der Waals surface area contributed by atoms with Gasteiger partial charge in [-0.2, -0.15) is 4.39 Å². The maximum Gasteiger partial charge on any atom is 0.201 e. The van der Waals surface area contributed by atoms with E-state index in [2.05, 4.69) is 0 Å². The first-order valence-electron chi connectivity index (χ1n) is 5.01. The van der Waals surface area contributed by atoms with Crippen LogP contribution in [-0.2, 0) is 0 Å². The number of nitrogen functional groups attached to an aromatic ring is 1. The van der Waals surface area contributed by atoms with Crippen LogP contribution in [0.1, 0.15) is 0 Å². The summed E-state index contributed by atoms with van der Waals surface area (Å²) in [5, 5.41) is 0. The average molecular weight is 235 g/mol. The summed E-state index contributed by atoms with van der Waals surface area (Å²) in [5.41, 5.74) is 6.79. The molecule has 88 valence electrons. The van der Waals surface area contributed by atoms with Gasteiger partial charge in [-0.3, -0.25) is 0 Å². The van der Waals surface area contributed by atoms with Crippen molar-refractivity contribution in [3.05, 3.63) is 48.0 Å². The van der Waals surface area contributed by atoms with E-state index in [9.17, 15) is 8.78 Å². The van der Waals surface area contributed by atoms with Crippen LogP contribution < -0.4 is 10.5 Å². The molecule has 0 unspecified atom stereocenters. The second-order valence-corrected chi connectivity index (χ2v) is 3.57. The summed E-state index contributed by atoms with van der Waals surface area (Å²) in [6.07, 6.45) is 0. The summed E-state index contributed by atoms with van der Waals surface area (Å²) >= 11 is 0. The van der Waals surface area contributed by atoms with Gasteiger partial charge in [-0.25, -0.2) is 4.39 Å². The molecule has 2 nitrogen and oxygen atoms in total. The van der Waals surface area contributed by atoms with Crippen LogP contribution in [-0.4, -0.2) is 7.11 Å². The van der Waals surface area contributed by atoms with E-state index in [1.54, 1.807) is 24.3 Å². The summed E-state index contributed by atoms with van der Waals surface area (Å²) in [5.74, 6) is -2.04. The van der Waals surface area contributed by atoms with Gasteiger partial charge < -0.3 is 10.5 Å². The van der Waals surface area contributed by atoms with Gasteiger partial charge in [0.15, 0.2) is 11.6 Å². The molecule has 0 aliphatic heterocycles. The minimum absolute atomic E-state index is 0.116. The molecule has 0 saturated heterocycles. The van der Waals surface area contributed by atoms with Crippen molar-refractivity contribution in [3.8, 4) is 16.9 Å². The summed E-state index contributed by atoms with van der Waals surface area (Å²) in [7, 11) is 1.29. The molecule has 0 fully saturated rings. The van der Waals surface area contributed by atoms with Gasteiger partial charge in [0.25, 0.3) is 0 Å². The summed E-state index contributed by atoms with van der Waals surface area (Å²) < 4.78 is 32.0. The van der Waals surface area contributed by atoms with Crippen LogP contribution in [0, 0.1) is 11.6 Å². The highest BCUT2D eigenvalue weighted by Gasteiger charge is 2.14. The van der Waals surface area contributed by atoms with Crippen LogP contribution in [0.15, 0.2) is 36.4 Å². The molecule has 0 atom stereocenters. The number of nitrogens with two attached hydrogens (primary N) is 1. The first-order chi connectivity index (χ1) is 8.13. The molecule has 17 heavy (non-hydrogen) atoms. The molecule has 2 aromatic carbocycles. The third-order valence-corrected chi connectivity index (χ3v) is 2.46. The molecule has 0 aromatic heterocycles. The zero-order chi connectivity index (χ0) is 12.4. The van der Waals surface area contributed by atoms with E-state index in [-0.39, 0.29) is 11.3 Å². The van der Waals surface area contributed by atoms with Gasteiger partial charge in [0, 0.05) is 11.3 Å². The predicted octanol–water partition coefficient (Wildman–Crippen LogP) is 3.22. The lowest BCUT2D eigenvalue weighted by Gasteiger charge is -2.08. The fourth-order valence-corrected chi connectivity index (χ4v) is 1.62. The maximum absolute atomic E-state index is 13.8. The Balaban J connectivity index is 2.57. The third-order valence-electron chi connectivity index (χ3n) is 2.46. The topological polar surface area (TPSA) is 35.2 Å². The van der Waals surface area contributed by atoms with Crippen molar-refractivity contribution in [2.75, 3.05) is 12.8 Å². The summed E-state index contributed by atoms with van der Waals surface area (Å²) in [6.45, 7) is 0. The molecular formula is C13H11F2NO. The van der Waals surface area contributed by atoms with Crippen molar-refractivity contribution in [1.29, 1.82) is 0 Å². The highest BCUT2D eigenvalue weighted by atomic mass is 19.2. The Morgan fingerprint density at radius 1 is 1.06 bits per heavy atom. The zero-order valence-electron chi connectivity index (χ0n) is 9.21. The largest absolute Gasteiger partial charge is 0.494 e. The molecule has 0 bridgehead atoms. The van der Waals surface area contributed by atoms with Gasteiger partial charge in [0.1, 0.15) is 0 Å². The van der Waals surface area contributed by atoms with Gasteiger partial charge in [-0.15, -0.1) is 0 Å². The van der Waals surface area contributed by atoms with Crippen molar-refractivity contribution in [1.82, 2.24) is 0 Å². The van der Waals surface area contributed by atoms with Crippen molar-refractivity contribution in [2.45, 2.75) is 0 Å². The van der Waals surface area contributed by atoms with E-state index in [1.165, 1.54) is 19.2 Å². The van der Waals surface area contributed by atoms with Crippen molar-refractivity contribution < 1.29 is 13.5 Å². The number of methoxy groups -OCH3 is 1. The molecular weight excluding hydrogens is 224 g/mol. The number of ether oxygens (including phenoxy) is 1. The van der Waals surface area contributed by atoms with E-state index in [1.807, 2.05) is 0 Å². The molecule has 0 amide bonds. The SMILES string of the molecule is COc1ccc(-c2cccc(N)c2)c(F)c1F. The van der Waals surface area contributed by atoms with Crippen molar-refractivity contribution >= 4 is 5.69 Å². The smallest absolute Gasteiger partial charge is 0.201 e. The third kappa shape index (κ3) is 2.06. The molecule has 0 spiro atoms. The van der Waals surface area contributed by atoms with Gasteiger partial charge >= 0.3 is 0 Å². The predicted molar refractivity (Wildman–Crippen MR) is 62.8 cm³/mol. The number of anilines is 1. The first kappa shape index (κ1) is 11.4. The Morgan fingerprint density at radius 2 is 1.82 bits per heavy atom. The highest BCUT2D eigenvalue weighted by molar-refractivity contribution is 5.68. The van der Waals surface area contributed by atoms with Gasteiger partial charge in [-0.1, -0.05) is 12.1 Å². The second-order valence-electron chi connectivity index (χ2n) is 3.57. The quantitative estimate of drug-likeness (QED) is 0.811. The van der Waals surface area contributed by atoms with E-state index < -0.39 is 11.6 Å². The van der Waals surface area contributed by atoms with Crippen LogP contribution in [0.3, 0.4) is 0 Å². The van der Waals surface area contributed by atoms with E-state index in [4.69, 9.17) is 10.5 Å². The Hall–Kier alpha value is -2.10. The van der Waals surface area contributed by atoms with E-state index in [0.29, 0.717) is 11.3 Å². The lowest BCUT2D eigenvalue weighted by Crippen LogP contribution is -1.95. The zero-order valence-corrected chi connectivity index (χ0v) is 9.21. The van der Waals surface area contributed by atoms with Crippen molar-refractivity contribution in [3.63, 3.8) is 0 Å². The molecule has 0 heterocycles. The standard InChI is InChI=1S/C13H11F2NO/c1-17-11-6-5-10(12(14)13(11)15)8-3-2-4-9(16)7-8/h2-7H,16H2,1H3. The molecule has 2 rings (SSSR count). The van der Waals surface area contributed by atoms with Crippen LogP contribution >= 0.6 is 0 Å². The van der Waals surface area contributed by atoms with Crippen LogP contribution in [0.5, 0.6) is 5.75 Å². The maximum atomic E-state index is 13.8. The lowest BCUT2D eigenvalue weighted by molar-refractivity contribution is 0.372. The molecule has 4 heteroatoms. The lowest BCUT2D eigenvalue weighted by atomic mass is 10.0. The molecule has 2 aromatic rings. The van der Waals surface area contributed by atoms with E-state index >= 15 is 0 Å². The molecule has 2 N–H and O–H groups in total. The number of hydrogen-bond acceptors (Lipinski definition) is 2. The first-order valence-corrected chi connectivity index (χ1v) is 5.01. The normalized spacial score (nSPS) is 10.3. The highest BCUT2D eigenvalue weighted by Crippen LogP contribution is 2.30. The van der Waals surface area contributed by atoms with Gasteiger partial charge in [0.2, 0.25) is 5.82 Å². The van der Waals surface area contributed by atoms with Crippen LogP contribution in [0.25, 0.3) is 11.1 Å². The molecule has 0 aliphatic carbocycles. The van der Waals surface area contributed by atoms with Crippen molar-refractivity contribution in [2.24, 2.45) is 0 Å². The number of benzene rings is 2. The number of hydrogen-bond donors (Lipinski definition) is 1. The monoisotopic (exact) mass is 235 g/mol. The molecule has 0 aliphatic rings. The fourth-order valence-electron chi connectivity index (χ4n) is 1.62. The summed E-state index contributed by atoms with van der Waals surface area (Å²) in [6, 6.07) is 9.47. The fraction of sp³-hybridized carbons (Fsp3) is 0.0769. The number of halogens is 2. The van der Waals surface area contributed by atoms with Gasteiger partial charge in [-0.05, 0) is 29.8 Å². The number of rotatable bonds is 2. The Morgan fingerprint density at radius 3 is 2.47 bits per heavy atom. The Bertz CT molecular complexity index is 555. The second kappa shape index (κ2) is 4.41. The van der Waals surface area contributed by atoms with Crippen LogP contribution in [0.4, 0.5) is 14.5 Å². The Kier molecular flexibility index (Phi) is 2.95.